The van der Waals surface area contributed by atoms with Crippen molar-refractivity contribution in [3.63, 3.8) is 0 Å². The van der Waals surface area contributed by atoms with E-state index in [1.807, 2.05) is 0 Å². The molecular formula is C41H32. The average Bonchev–Trinajstić information content (AvgIpc) is 3.05. The van der Waals surface area contributed by atoms with Gasteiger partial charge in [-0.15, -0.1) is 0 Å². The Morgan fingerprint density at radius 3 is 1.68 bits per heavy atom. The summed E-state index contributed by atoms with van der Waals surface area (Å²) in [5.41, 5.74) is 16.9. The third-order valence-corrected chi connectivity index (χ3v) is 9.28. The molecule has 0 heterocycles. The maximum absolute atomic E-state index is 2.53. The van der Waals surface area contributed by atoms with Crippen LogP contribution in [-0.2, 0) is 19.3 Å². The Balaban J connectivity index is 1.17. The Morgan fingerprint density at radius 2 is 0.976 bits per heavy atom. The van der Waals surface area contributed by atoms with Crippen molar-refractivity contribution in [3.05, 3.63) is 179 Å². The minimum Gasteiger partial charge on any atom is -0.0622 e. The average molecular weight is 525 g/mol. The monoisotopic (exact) mass is 524 g/mol. The van der Waals surface area contributed by atoms with Gasteiger partial charge in [-0.3, -0.25) is 0 Å². The van der Waals surface area contributed by atoms with Gasteiger partial charge >= 0.3 is 0 Å². The molecule has 2 aliphatic carbocycles. The van der Waals surface area contributed by atoms with Gasteiger partial charge < -0.3 is 0 Å². The Labute approximate surface area is 243 Å². The van der Waals surface area contributed by atoms with Crippen LogP contribution >= 0.6 is 0 Å². The minimum atomic E-state index is 0.392. The van der Waals surface area contributed by atoms with Crippen LogP contribution in [0.3, 0.4) is 0 Å². The number of hydrogen-bond acceptors (Lipinski definition) is 0. The number of rotatable bonds is 4. The fraction of sp³-hybridized carbons (Fsp3) is 0.122. The van der Waals surface area contributed by atoms with Gasteiger partial charge in [-0.1, -0.05) is 146 Å². The van der Waals surface area contributed by atoms with Crippen LogP contribution in [0.15, 0.2) is 146 Å². The van der Waals surface area contributed by atoms with Crippen molar-refractivity contribution < 1.29 is 0 Å². The molecule has 2 aliphatic rings. The third-order valence-electron chi connectivity index (χ3n) is 9.28. The molecule has 0 heteroatoms. The van der Waals surface area contributed by atoms with E-state index in [9.17, 15) is 0 Å². The van der Waals surface area contributed by atoms with Gasteiger partial charge in [0.05, 0.1) is 0 Å². The van der Waals surface area contributed by atoms with Crippen LogP contribution < -0.4 is 0 Å². The molecule has 6 aromatic rings. The van der Waals surface area contributed by atoms with Crippen molar-refractivity contribution in [1.29, 1.82) is 0 Å². The van der Waals surface area contributed by atoms with Crippen molar-refractivity contribution in [2.45, 2.75) is 31.1 Å². The van der Waals surface area contributed by atoms with Crippen molar-refractivity contribution in [2.75, 3.05) is 0 Å². The first-order chi connectivity index (χ1) is 20.3. The summed E-state index contributed by atoms with van der Waals surface area (Å²) in [5, 5.41) is 0. The molecule has 41 heavy (non-hydrogen) atoms. The lowest BCUT2D eigenvalue weighted by molar-refractivity contribution is 0.672. The molecule has 0 nitrogen and oxygen atoms in total. The summed E-state index contributed by atoms with van der Waals surface area (Å²) in [6, 6.07) is 54.2. The first kappa shape index (κ1) is 24.1. The van der Waals surface area contributed by atoms with E-state index in [0.29, 0.717) is 11.8 Å². The Hall–Kier alpha value is -4.68. The van der Waals surface area contributed by atoms with E-state index in [1.54, 1.807) is 0 Å². The molecule has 6 aromatic carbocycles. The van der Waals surface area contributed by atoms with Crippen LogP contribution in [0.2, 0.25) is 0 Å². The maximum atomic E-state index is 2.53. The van der Waals surface area contributed by atoms with Crippen molar-refractivity contribution >= 4 is 0 Å². The molecule has 196 valence electrons. The highest BCUT2D eigenvalue weighted by Crippen LogP contribution is 2.48. The van der Waals surface area contributed by atoms with Crippen molar-refractivity contribution in [2.24, 2.45) is 0 Å². The summed E-state index contributed by atoms with van der Waals surface area (Å²) >= 11 is 0. The minimum absolute atomic E-state index is 0.392. The molecule has 0 radical (unpaired) electrons. The van der Waals surface area contributed by atoms with Crippen LogP contribution in [0.25, 0.3) is 33.4 Å². The van der Waals surface area contributed by atoms with E-state index in [2.05, 4.69) is 146 Å². The first-order valence-electron chi connectivity index (χ1n) is 14.9. The van der Waals surface area contributed by atoms with Crippen LogP contribution in [0, 0.1) is 0 Å². The molecule has 0 saturated heterocycles. The summed E-state index contributed by atoms with van der Waals surface area (Å²) in [4.78, 5) is 0. The van der Waals surface area contributed by atoms with E-state index in [4.69, 9.17) is 0 Å². The van der Waals surface area contributed by atoms with E-state index in [-0.39, 0.29) is 0 Å². The maximum Gasteiger partial charge on any atom is 0.0136 e. The highest BCUT2D eigenvalue weighted by atomic mass is 14.3. The predicted octanol–water partition coefficient (Wildman–Crippen LogP) is 10.3. The zero-order chi connectivity index (χ0) is 27.2. The molecule has 8 rings (SSSR count). The van der Waals surface area contributed by atoms with E-state index < -0.39 is 0 Å². The Morgan fingerprint density at radius 1 is 0.439 bits per heavy atom. The normalized spacial score (nSPS) is 16.7. The fourth-order valence-electron chi connectivity index (χ4n) is 7.29. The molecule has 0 fully saturated rings. The molecule has 0 spiro atoms. The quantitative estimate of drug-likeness (QED) is 0.215. The molecule has 0 aromatic heterocycles. The van der Waals surface area contributed by atoms with E-state index in [0.717, 1.165) is 19.3 Å². The van der Waals surface area contributed by atoms with Gasteiger partial charge in [0.15, 0.2) is 0 Å². The molecular weight excluding hydrogens is 492 g/mol. The molecule has 0 N–H and O–H groups in total. The topological polar surface area (TPSA) is 0 Å². The molecule has 0 amide bonds. The first-order valence-corrected chi connectivity index (χ1v) is 14.9. The summed E-state index contributed by atoms with van der Waals surface area (Å²) in [6.45, 7) is 0. The summed E-state index contributed by atoms with van der Waals surface area (Å²) in [5.74, 6) is 0.860. The van der Waals surface area contributed by atoms with Crippen molar-refractivity contribution in [3.8, 4) is 33.4 Å². The molecule has 0 saturated carbocycles. The summed E-state index contributed by atoms with van der Waals surface area (Å²) in [7, 11) is 0. The smallest absolute Gasteiger partial charge is 0.0136 e. The predicted molar refractivity (Wildman–Crippen MR) is 171 cm³/mol. The Kier molecular flexibility index (Phi) is 5.92. The number of hydrogen-bond donors (Lipinski definition) is 0. The SMILES string of the molecule is c1ccc(-c2ccc(CC3Cc4cc5c(cc4-c4ccccc43)CC(c3ccccc3)c3ccccc3-5)cc2)cc1. The van der Waals surface area contributed by atoms with E-state index in [1.165, 1.54) is 66.8 Å². The second-order valence-electron chi connectivity index (χ2n) is 11.7. The van der Waals surface area contributed by atoms with Gasteiger partial charge in [-0.05, 0) is 91.9 Å². The number of benzene rings is 6. The van der Waals surface area contributed by atoms with E-state index >= 15 is 0 Å². The van der Waals surface area contributed by atoms with Gasteiger partial charge in [0.1, 0.15) is 0 Å². The zero-order valence-corrected chi connectivity index (χ0v) is 23.1. The number of fused-ring (bicyclic) bond motifs is 6. The molecule has 2 atom stereocenters. The van der Waals surface area contributed by atoms with Gasteiger partial charge in [-0.25, -0.2) is 0 Å². The standard InChI is InChI=1S/C41H32/c1-3-11-29(12-4-1)30-21-19-28(20-22-30)23-32-24-33-25-41-34(27-40(33)36-16-8-7-15-35(32)36)26-39(31-13-5-2-6-14-31)37-17-9-10-18-38(37)41/h1-22,25,27,32,39H,23-24,26H2. The van der Waals surface area contributed by atoms with Crippen LogP contribution in [-0.4, -0.2) is 0 Å². The lowest BCUT2D eigenvalue weighted by atomic mass is 9.71. The van der Waals surface area contributed by atoms with Gasteiger partial charge in [-0.2, -0.15) is 0 Å². The Bertz CT molecular complexity index is 1850. The third kappa shape index (κ3) is 4.32. The second-order valence-corrected chi connectivity index (χ2v) is 11.7. The summed E-state index contributed by atoms with van der Waals surface area (Å²) in [6.07, 6.45) is 3.17. The lowest BCUT2D eigenvalue weighted by Crippen LogP contribution is -2.17. The van der Waals surface area contributed by atoms with Gasteiger partial charge in [0.25, 0.3) is 0 Å². The molecule has 0 aliphatic heterocycles. The van der Waals surface area contributed by atoms with Gasteiger partial charge in [0.2, 0.25) is 0 Å². The highest BCUT2D eigenvalue weighted by Gasteiger charge is 2.30. The van der Waals surface area contributed by atoms with Gasteiger partial charge in [0, 0.05) is 5.92 Å². The zero-order valence-electron chi connectivity index (χ0n) is 23.1. The van der Waals surface area contributed by atoms with Crippen LogP contribution in [0.4, 0.5) is 0 Å². The second kappa shape index (κ2) is 10.1. The molecule has 0 bridgehead atoms. The summed E-state index contributed by atoms with van der Waals surface area (Å²) < 4.78 is 0. The highest BCUT2D eigenvalue weighted by molar-refractivity contribution is 5.83. The van der Waals surface area contributed by atoms with Crippen molar-refractivity contribution in [1.82, 2.24) is 0 Å². The fourth-order valence-corrected chi connectivity index (χ4v) is 7.29. The lowest BCUT2D eigenvalue weighted by Gasteiger charge is -2.33. The van der Waals surface area contributed by atoms with Crippen LogP contribution in [0.5, 0.6) is 0 Å². The molecule has 2 unspecified atom stereocenters. The van der Waals surface area contributed by atoms with Crippen LogP contribution in [0.1, 0.15) is 45.2 Å². The largest absolute Gasteiger partial charge is 0.0622 e.